The molecule has 0 aliphatic carbocycles. The molecule has 2 heterocycles. The van der Waals surface area contributed by atoms with Crippen molar-refractivity contribution in [2.45, 2.75) is 71.7 Å². The second-order valence-electron chi connectivity index (χ2n) is 12.0. The predicted molar refractivity (Wildman–Crippen MR) is 167 cm³/mol. The summed E-state index contributed by atoms with van der Waals surface area (Å²) < 4.78 is 10.9. The Morgan fingerprint density at radius 2 is 1.77 bits per heavy atom. The van der Waals surface area contributed by atoms with Crippen molar-refractivity contribution in [3.05, 3.63) is 41.0 Å². The number of amides is 3. The first kappa shape index (κ1) is 34.6. The molecule has 1 saturated heterocycles. The summed E-state index contributed by atoms with van der Waals surface area (Å²) in [6, 6.07) is 5.91. The van der Waals surface area contributed by atoms with Crippen molar-refractivity contribution in [1.29, 1.82) is 0 Å². The summed E-state index contributed by atoms with van der Waals surface area (Å²) in [5, 5.41) is 19.3. The number of aryl methyl sites for hydroxylation is 1. The summed E-state index contributed by atoms with van der Waals surface area (Å²) in [7, 11) is 1.85. The van der Waals surface area contributed by atoms with Gasteiger partial charge in [0, 0.05) is 25.9 Å². The fourth-order valence-electron chi connectivity index (χ4n) is 4.91. The van der Waals surface area contributed by atoms with Crippen LogP contribution in [0.15, 0.2) is 29.8 Å². The van der Waals surface area contributed by atoms with Crippen LogP contribution < -0.4 is 16.0 Å². The molecule has 1 aliphatic heterocycles. The summed E-state index contributed by atoms with van der Waals surface area (Å²) in [5.41, 5.74) is 4.15. The van der Waals surface area contributed by atoms with Crippen LogP contribution in [0.3, 0.4) is 0 Å². The first-order chi connectivity index (χ1) is 20.4. The number of carbonyl (C=O) groups is 3. The van der Waals surface area contributed by atoms with Gasteiger partial charge in [0.15, 0.2) is 0 Å². The van der Waals surface area contributed by atoms with E-state index in [4.69, 9.17) is 9.47 Å². The first-order valence-corrected chi connectivity index (χ1v) is 15.7. The molecule has 1 aromatic carbocycles. The number of likely N-dealkylation sites (N-methyl/N-ethyl adjacent to an activating group) is 1. The number of benzene rings is 1. The molecule has 4 N–H and O–H groups in total. The summed E-state index contributed by atoms with van der Waals surface area (Å²) in [4.78, 5) is 46.8. The lowest BCUT2D eigenvalue weighted by Crippen LogP contribution is -2.58. The number of aliphatic hydroxyl groups is 1. The van der Waals surface area contributed by atoms with Crippen LogP contribution in [0.5, 0.6) is 0 Å². The average Bonchev–Trinajstić information content (AvgIpc) is 3.57. The van der Waals surface area contributed by atoms with E-state index >= 15 is 0 Å². The van der Waals surface area contributed by atoms with Crippen LogP contribution >= 0.6 is 11.3 Å². The van der Waals surface area contributed by atoms with Crippen LogP contribution in [0, 0.1) is 12.3 Å². The number of rotatable bonds is 15. The maximum absolute atomic E-state index is 13.8. The van der Waals surface area contributed by atoms with Gasteiger partial charge >= 0.3 is 0 Å². The molecular formula is C31H47N5O6S. The fourth-order valence-corrected chi connectivity index (χ4v) is 5.72. The number of ether oxygens (including phenoxy) is 2. The zero-order valence-corrected chi connectivity index (χ0v) is 27.0. The molecule has 0 bridgehead atoms. The molecule has 0 saturated carbocycles. The van der Waals surface area contributed by atoms with E-state index in [2.05, 4.69) is 20.9 Å². The van der Waals surface area contributed by atoms with Crippen LogP contribution in [-0.4, -0.2) is 97.5 Å². The number of likely N-dealkylation sites (tertiary alicyclic amines) is 1. The minimum atomic E-state index is -0.884. The van der Waals surface area contributed by atoms with E-state index in [1.54, 1.807) is 11.3 Å². The Morgan fingerprint density at radius 3 is 2.37 bits per heavy atom. The highest BCUT2D eigenvalue weighted by molar-refractivity contribution is 7.13. The summed E-state index contributed by atoms with van der Waals surface area (Å²) in [6.45, 7) is 11.8. The van der Waals surface area contributed by atoms with Crippen molar-refractivity contribution in [2.24, 2.45) is 5.41 Å². The lowest BCUT2D eigenvalue weighted by atomic mass is 9.85. The Bertz CT molecular complexity index is 1200. The number of thiazole rings is 1. The molecule has 1 aromatic heterocycles. The van der Waals surface area contributed by atoms with Crippen LogP contribution in [0.4, 0.5) is 0 Å². The lowest BCUT2D eigenvalue weighted by Gasteiger charge is -2.35. The predicted octanol–water partition coefficient (Wildman–Crippen LogP) is 2.43. The van der Waals surface area contributed by atoms with E-state index in [-0.39, 0.29) is 43.8 Å². The third-order valence-corrected chi connectivity index (χ3v) is 8.38. The van der Waals surface area contributed by atoms with Gasteiger partial charge in [-0.2, -0.15) is 0 Å². The number of β-amino-alcohol motifs (C(OH)–C–C–N with tert-alkyl or cyclic N) is 1. The van der Waals surface area contributed by atoms with Gasteiger partial charge in [-0.3, -0.25) is 14.4 Å². The van der Waals surface area contributed by atoms with Gasteiger partial charge in [-0.15, -0.1) is 11.3 Å². The molecule has 4 atom stereocenters. The molecule has 12 heteroatoms. The minimum Gasteiger partial charge on any atom is -0.391 e. The number of aromatic nitrogens is 1. The first-order valence-electron chi connectivity index (χ1n) is 14.8. The summed E-state index contributed by atoms with van der Waals surface area (Å²) in [6.07, 6.45) is -0.623. The van der Waals surface area contributed by atoms with Gasteiger partial charge in [-0.25, -0.2) is 4.98 Å². The maximum Gasteiger partial charge on any atom is 0.246 e. The lowest BCUT2D eigenvalue weighted by molar-refractivity contribution is -0.144. The number of hydrogen-bond donors (Lipinski definition) is 4. The maximum atomic E-state index is 13.8. The topological polar surface area (TPSA) is 142 Å². The van der Waals surface area contributed by atoms with Crippen molar-refractivity contribution in [2.75, 3.05) is 46.6 Å². The van der Waals surface area contributed by atoms with Crippen molar-refractivity contribution < 1.29 is 29.0 Å². The highest BCUT2D eigenvalue weighted by atomic mass is 32.1. The Balaban J connectivity index is 1.58. The van der Waals surface area contributed by atoms with Crippen LogP contribution in [-0.2, 0) is 23.9 Å². The van der Waals surface area contributed by atoms with Crippen molar-refractivity contribution >= 4 is 29.1 Å². The molecule has 3 rings (SSSR count). The number of hydrogen-bond acceptors (Lipinski definition) is 9. The number of nitrogens with zero attached hydrogens (tertiary/aromatic N) is 2. The molecule has 238 valence electrons. The molecule has 1 unspecified atom stereocenters. The Morgan fingerprint density at radius 1 is 1.09 bits per heavy atom. The number of carbonyl (C=O) groups excluding carboxylic acids is 3. The standard InChI is InChI=1S/C31H47N5O6S/c1-20(22-7-9-23(10-8-22)27-21(2)33-19-43-27)34-29(39)25-17-24(37)18-36(25)30(40)28(31(3,4)5)35-26(38)11-13-41-15-16-42-14-12-32-6/h7-10,19-20,24-25,28,32,37H,11-18H2,1-6H3,(H,34,39)(H,35,38)/t20-,24+,25?,28+/m0/s1. The smallest absolute Gasteiger partial charge is 0.246 e. The van der Waals surface area contributed by atoms with Gasteiger partial charge in [0.2, 0.25) is 17.7 Å². The summed E-state index contributed by atoms with van der Waals surface area (Å²) >= 11 is 1.58. The summed E-state index contributed by atoms with van der Waals surface area (Å²) in [5.74, 6) is -1.06. The third-order valence-electron chi connectivity index (χ3n) is 7.40. The highest BCUT2D eigenvalue weighted by Gasteiger charge is 2.44. The monoisotopic (exact) mass is 617 g/mol. The van der Waals surface area contributed by atoms with Crippen molar-refractivity contribution in [1.82, 2.24) is 25.8 Å². The SMILES string of the molecule is CNCCOCCOCCC(=O)N[C@H](C(=O)N1C[C@H](O)CC1C(=O)N[C@@H](C)c1ccc(-c2scnc2C)cc1)C(C)(C)C. The zero-order valence-electron chi connectivity index (χ0n) is 26.1. The van der Waals surface area contributed by atoms with Crippen LogP contribution in [0.2, 0.25) is 0 Å². The molecule has 0 radical (unpaired) electrons. The van der Waals surface area contributed by atoms with E-state index < -0.39 is 29.5 Å². The van der Waals surface area contributed by atoms with Crippen molar-refractivity contribution in [3.63, 3.8) is 0 Å². The van der Waals surface area contributed by atoms with E-state index in [1.165, 1.54) is 4.90 Å². The van der Waals surface area contributed by atoms with Gasteiger partial charge in [-0.1, -0.05) is 45.0 Å². The molecule has 11 nitrogen and oxygen atoms in total. The Labute approximate surface area is 258 Å². The molecule has 0 spiro atoms. The number of aliphatic hydroxyl groups excluding tert-OH is 1. The van der Waals surface area contributed by atoms with Gasteiger partial charge in [0.25, 0.3) is 0 Å². The van der Waals surface area contributed by atoms with Gasteiger partial charge in [0.1, 0.15) is 12.1 Å². The van der Waals surface area contributed by atoms with Gasteiger partial charge in [0.05, 0.1) is 54.7 Å². The van der Waals surface area contributed by atoms with Crippen molar-refractivity contribution in [3.8, 4) is 10.4 Å². The third kappa shape index (κ3) is 10.1. The normalized spacial score (nSPS) is 18.3. The van der Waals surface area contributed by atoms with E-state index in [1.807, 2.05) is 71.4 Å². The average molecular weight is 618 g/mol. The number of nitrogens with one attached hydrogen (secondary N) is 3. The minimum absolute atomic E-state index is 0.0211. The Hall–Kier alpha value is -2.90. The molecule has 43 heavy (non-hydrogen) atoms. The fraction of sp³-hybridized carbons (Fsp3) is 0.613. The zero-order chi connectivity index (χ0) is 31.6. The van der Waals surface area contributed by atoms with Crippen LogP contribution in [0.25, 0.3) is 10.4 Å². The molecule has 3 amide bonds. The van der Waals surface area contributed by atoms with Gasteiger partial charge in [-0.05, 0) is 37.4 Å². The van der Waals surface area contributed by atoms with E-state index in [9.17, 15) is 19.5 Å². The largest absolute Gasteiger partial charge is 0.391 e. The second kappa shape index (κ2) is 16.2. The van der Waals surface area contributed by atoms with E-state index in [0.29, 0.717) is 19.8 Å². The molecule has 2 aromatic rings. The molecule has 1 aliphatic rings. The molecule has 1 fully saturated rings. The van der Waals surface area contributed by atoms with Crippen LogP contribution in [0.1, 0.15) is 57.8 Å². The van der Waals surface area contributed by atoms with Gasteiger partial charge < -0.3 is 35.4 Å². The highest BCUT2D eigenvalue weighted by Crippen LogP contribution is 2.29. The van der Waals surface area contributed by atoms with E-state index in [0.717, 1.165) is 28.2 Å². The Kier molecular flexibility index (Phi) is 13.1. The molecular weight excluding hydrogens is 570 g/mol. The second-order valence-corrected chi connectivity index (χ2v) is 12.8. The quantitative estimate of drug-likeness (QED) is 0.223.